The number of benzene rings is 2. The van der Waals surface area contributed by atoms with E-state index in [0.717, 1.165) is 11.2 Å². The molecular formula is C17H15N. The van der Waals surface area contributed by atoms with Gasteiger partial charge in [0.25, 0.3) is 0 Å². The van der Waals surface area contributed by atoms with Crippen LogP contribution in [0.25, 0.3) is 22.0 Å². The Labute approximate surface area is 107 Å². The molecule has 0 aliphatic rings. The molecule has 1 heteroatoms. The van der Waals surface area contributed by atoms with Crippen molar-refractivity contribution in [2.24, 2.45) is 0 Å². The normalized spacial score (nSPS) is 10.8. The maximum absolute atomic E-state index is 4.52. The Kier molecular flexibility index (Phi) is 2.60. The first kappa shape index (κ1) is 11.0. The van der Waals surface area contributed by atoms with Gasteiger partial charge in [0.1, 0.15) is 0 Å². The second-order valence-electron chi connectivity index (χ2n) is 4.73. The Morgan fingerprint density at radius 2 is 1.44 bits per heavy atom. The van der Waals surface area contributed by atoms with Crippen LogP contribution in [0.4, 0.5) is 0 Å². The predicted octanol–water partition coefficient (Wildman–Crippen LogP) is 4.52. The molecule has 0 spiro atoms. The molecule has 3 aromatic rings. The Morgan fingerprint density at radius 1 is 0.722 bits per heavy atom. The van der Waals surface area contributed by atoms with Crippen LogP contribution in [0.2, 0.25) is 0 Å². The van der Waals surface area contributed by atoms with Gasteiger partial charge in [0.15, 0.2) is 0 Å². The van der Waals surface area contributed by atoms with Crippen molar-refractivity contribution in [3.05, 3.63) is 65.9 Å². The van der Waals surface area contributed by atoms with Crippen LogP contribution in [0.15, 0.2) is 54.6 Å². The summed E-state index contributed by atoms with van der Waals surface area (Å²) in [4.78, 5) is 4.52. The molecule has 1 heterocycles. The second-order valence-corrected chi connectivity index (χ2v) is 4.73. The van der Waals surface area contributed by atoms with E-state index in [2.05, 4.69) is 66.5 Å². The van der Waals surface area contributed by atoms with Crippen LogP contribution in [0.1, 0.15) is 11.3 Å². The second kappa shape index (κ2) is 4.26. The molecule has 1 aromatic heterocycles. The first-order chi connectivity index (χ1) is 8.72. The average Bonchev–Trinajstić information content (AvgIpc) is 2.39. The third kappa shape index (κ3) is 2.00. The minimum absolute atomic E-state index is 1.06. The summed E-state index contributed by atoms with van der Waals surface area (Å²) in [6.45, 7) is 4.13. The van der Waals surface area contributed by atoms with Crippen molar-refractivity contribution in [2.75, 3.05) is 0 Å². The van der Waals surface area contributed by atoms with E-state index in [4.69, 9.17) is 0 Å². The highest BCUT2D eigenvalue weighted by atomic mass is 14.7. The summed E-state index contributed by atoms with van der Waals surface area (Å²) >= 11 is 0. The minimum atomic E-state index is 1.06. The molecule has 3 rings (SSSR count). The van der Waals surface area contributed by atoms with Gasteiger partial charge in [-0.2, -0.15) is 0 Å². The van der Waals surface area contributed by atoms with Crippen LogP contribution in [-0.4, -0.2) is 4.98 Å². The molecule has 0 saturated heterocycles. The van der Waals surface area contributed by atoms with Gasteiger partial charge >= 0.3 is 0 Å². The largest absolute Gasteiger partial charge is 0.253 e. The van der Waals surface area contributed by atoms with Gasteiger partial charge in [0.05, 0.1) is 5.52 Å². The molecule has 88 valence electrons. The molecule has 0 N–H and O–H groups in total. The van der Waals surface area contributed by atoms with Crippen LogP contribution in [0, 0.1) is 13.8 Å². The topological polar surface area (TPSA) is 12.9 Å². The van der Waals surface area contributed by atoms with Crippen molar-refractivity contribution < 1.29 is 0 Å². The molecule has 0 aliphatic heterocycles. The zero-order valence-corrected chi connectivity index (χ0v) is 10.6. The van der Waals surface area contributed by atoms with E-state index in [1.807, 2.05) is 6.92 Å². The van der Waals surface area contributed by atoms with E-state index in [-0.39, 0.29) is 0 Å². The van der Waals surface area contributed by atoms with Gasteiger partial charge in [-0.25, -0.2) is 0 Å². The first-order valence-electron chi connectivity index (χ1n) is 6.17. The molecule has 18 heavy (non-hydrogen) atoms. The standard InChI is InChI=1S/C17H15N/c1-12-3-6-14(7-4-12)15-9-10-17-16(11-15)8-5-13(2)18-17/h3-11H,1-2H3. The number of pyridine rings is 1. The van der Waals surface area contributed by atoms with Gasteiger partial charge < -0.3 is 0 Å². The number of hydrogen-bond acceptors (Lipinski definition) is 1. The summed E-state index contributed by atoms with van der Waals surface area (Å²) in [6.07, 6.45) is 0. The molecule has 0 aliphatic carbocycles. The monoisotopic (exact) mass is 233 g/mol. The Bertz CT molecular complexity index is 696. The summed E-state index contributed by atoms with van der Waals surface area (Å²) in [5.74, 6) is 0. The highest BCUT2D eigenvalue weighted by molar-refractivity contribution is 5.84. The zero-order chi connectivity index (χ0) is 12.5. The van der Waals surface area contributed by atoms with E-state index in [0.29, 0.717) is 0 Å². The van der Waals surface area contributed by atoms with E-state index in [1.165, 1.54) is 22.1 Å². The quantitative estimate of drug-likeness (QED) is 0.602. The number of nitrogens with zero attached hydrogens (tertiary/aromatic N) is 1. The van der Waals surface area contributed by atoms with Gasteiger partial charge in [-0.15, -0.1) is 0 Å². The Balaban J connectivity index is 2.13. The molecule has 0 saturated carbocycles. The fourth-order valence-corrected chi connectivity index (χ4v) is 2.15. The van der Waals surface area contributed by atoms with Crippen molar-refractivity contribution in [1.29, 1.82) is 0 Å². The fourth-order valence-electron chi connectivity index (χ4n) is 2.15. The van der Waals surface area contributed by atoms with Gasteiger partial charge in [0.2, 0.25) is 0 Å². The lowest BCUT2D eigenvalue weighted by molar-refractivity contribution is 1.26. The third-order valence-corrected chi connectivity index (χ3v) is 3.21. The summed E-state index contributed by atoms with van der Waals surface area (Å²) in [5.41, 5.74) is 5.91. The summed E-state index contributed by atoms with van der Waals surface area (Å²) in [6, 6.07) is 19.2. The molecule has 0 atom stereocenters. The number of aromatic nitrogens is 1. The van der Waals surface area contributed by atoms with Crippen molar-refractivity contribution in [3.8, 4) is 11.1 Å². The highest BCUT2D eigenvalue weighted by Crippen LogP contribution is 2.24. The first-order valence-corrected chi connectivity index (χ1v) is 6.17. The van der Waals surface area contributed by atoms with Crippen molar-refractivity contribution >= 4 is 10.9 Å². The van der Waals surface area contributed by atoms with Crippen molar-refractivity contribution in [2.45, 2.75) is 13.8 Å². The van der Waals surface area contributed by atoms with Crippen molar-refractivity contribution in [3.63, 3.8) is 0 Å². The molecule has 0 bridgehead atoms. The molecule has 1 nitrogen and oxygen atoms in total. The fraction of sp³-hybridized carbons (Fsp3) is 0.118. The smallest absolute Gasteiger partial charge is 0.0705 e. The van der Waals surface area contributed by atoms with Gasteiger partial charge in [-0.05, 0) is 43.2 Å². The maximum Gasteiger partial charge on any atom is 0.0705 e. The summed E-state index contributed by atoms with van der Waals surface area (Å²) in [7, 11) is 0. The zero-order valence-electron chi connectivity index (χ0n) is 10.6. The van der Waals surface area contributed by atoms with Crippen LogP contribution < -0.4 is 0 Å². The number of rotatable bonds is 1. The molecule has 2 aromatic carbocycles. The van der Waals surface area contributed by atoms with E-state index in [1.54, 1.807) is 0 Å². The minimum Gasteiger partial charge on any atom is -0.253 e. The van der Waals surface area contributed by atoms with Gasteiger partial charge in [0, 0.05) is 11.1 Å². The van der Waals surface area contributed by atoms with E-state index in [9.17, 15) is 0 Å². The molecule has 0 radical (unpaired) electrons. The van der Waals surface area contributed by atoms with Gasteiger partial charge in [-0.1, -0.05) is 42.0 Å². The maximum atomic E-state index is 4.52. The van der Waals surface area contributed by atoms with Gasteiger partial charge in [-0.3, -0.25) is 4.98 Å². The third-order valence-electron chi connectivity index (χ3n) is 3.21. The van der Waals surface area contributed by atoms with Crippen LogP contribution in [-0.2, 0) is 0 Å². The number of fused-ring (bicyclic) bond motifs is 1. The number of hydrogen-bond donors (Lipinski definition) is 0. The average molecular weight is 233 g/mol. The summed E-state index contributed by atoms with van der Waals surface area (Å²) in [5, 5.41) is 1.19. The van der Waals surface area contributed by atoms with E-state index >= 15 is 0 Å². The predicted molar refractivity (Wildman–Crippen MR) is 76.7 cm³/mol. The summed E-state index contributed by atoms with van der Waals surface area (Å²) < 4.78 is 0. The SMILES string of the molecule is Cc1ccc(-c2ccc3nc(C)ccc3c2)cc1. The number of aryl methyl sites for hydroxylation is 2. The lowest BCUT2D eigenvalue weighted by Gasteiger charge is -2.05. The highest BCUT2D eigenvalue weighted by Gasteiger charge is 2.00. The molecule has 0 unspecified atom stereocenters. The molecule has 0 fully saturated rings. The molecular weight excluding hydrogens is 218 g/mol. The van der Waals surface area contributed by atoms with Crippen LogP contribution in [0.3, 0.4) is 0 Å². The lowest BCUT2D eigenvalue weighted by Crippen LogP contribution is -1.84. The Hall–Kier alpha value is -2.15. The van der Waals surface area contributed by atoms with Crippen LogP contribution >= 0.6 is 0 Å². The molecule has 0 amide bonds. The van der Waals surface area contributed by atoms with Crippen LogP contribution in [0.5, 0.6) is 0 Å². The lowest BCUT2D eigenvalue weighted by atomic mass is 10.0. The Morgan fingerprint density at radius 3 is 2.22 bits per heavy atom. The van der Waals surface area contributed by atoms with Crippen molar-refractivity contribution in [1.82, 2.24) is 4.98 Å². The van der Waals surface area contributed by atoms with E-state index < -0.39 is 0 Å².